The third kappa shape index (κ3) is 2.14. The Morgan fingerprint density at radius 3 is 2.33 bits per heavy atom. The van der Waals surface area contributed by atoms with Gasteiger partial charge in [0.2, 0.25) is 0 Å². The van der Waals surface area contributed by atoms with Crippen LogP contribution in [0.4, 0.5) is 0 Å². The number of aliphatic hydroxyl groups is 1. The second kappa shape index (κ2) is 3.08. The average Bonchev–Trinajstić information content (AvgIpc) is 1.65. The highest BCUT2D eigenvalue weighted by molar-refractivity contribution is 4.47. The molecule has 0 fully saturated rings. The summed E-state index contributed by atoms with van der Waals surface area (Å²) in [6.45, 7) is 0.833. The van der Waals surface area contributed by atoms with Gasteiger partial charge in [-0.2, -0.15) is 0 Å². The SMILES string of the molecule is NCC(O)C[NH3+]. The maximum atomic E-state index is 8.48. The van der Waals surface area contributed by atoms with E-state index < -0.39 is 6.10 Å². The van der Waals surface area contributed by atoms with Crippen molar-refractivity contribution in [2.24, 2.45) is 5.73 Å². The molecule has 0 aliphatic rings. The predicted octanol–water partition coefficient (Wildman–Crippen LogP) is -2.45. The van der Waals surface area contributed by atoms with E-state index in [-0.39, 0.29) is 0 Å². The largest absolute Gasteiger partial charge is 0.386 e. The Hall–Kier alpha value is -0.120. The van der Waals surface area contributed by atoms with Gasteiger partial charge >= 0.3 is 0 Å². The Morgan fingerprint density at radius 2 is 2.33 bits per heavy atom. The van der Waals surface area contributed by atoms with Gasteiger partial charge in [0.1, 0.15) is 12.6 Å². The Balaban J connectivity index is 2.75. The van der Waals surface area contributed by atoms with E-state index in [9.17, 15) is 0 Å². The van der Waals surface area contributed by atoms with Crippen LogP contribution in [0.3, 0.4) is 0 Å². The molecule has 0 aliphatic heterocycles. The van der Waals surface area contributed by atoms with Gasteiger partial charge in [0.25, 0.3) is 0 Å². The van der Waals surface area contributed by atoms with Crippen molar-refractivity contribution >= 4 is 0 Å². The van der Waals surface area contributed by atoms with Crippen LogP contribution in [0.2, 0.25) is 0 Å². The Kier molecular flexibility index (Phi) is 3.02. The summed E-state index contributed by atoms with van der Waals surface area (Å²) >= 11 is 0. The summed E-state index contributed by atoms with van der Waals surface area (Å²) in [5, 5.41) is 8.48. The van der Waals surface area contributed by atoms with Crippen molar-refractivity contribution in [3.05, 3.63) is 0 Å². The van der Waals surface area contributed by atoms with Crippen LogP contribution in [0.1, 0.15) is 0 Å². The summed E-state index contributed by atoms with van der Waals surface area (Å²) in [4.78, 5) is 0. The molecule has 38 valence electrons. The van der Waals surface area contributed by atoms with Gasteiger partial charge in [-0.1, -0.05) is 0 Å². The van der Waals surface area contributed by atoms with Crippen molar-refractivity contribution in [2.45, 2.75) is 6.10 Å². The first-order valence-electron chi connectivity index (χ1n) is 1.98. The third-order valence-corrected chi connectivity index (χ3v) is 0.605. The second-order valence-corrected chi connectivity index (χ2v) is 1.18. The van der Waals surface area contributed by atoms with E-state index in [0.29, 0.717) is 13.1 Å². The number of hydrogen-bond acceptors (Lipinski definition) is 2. The fourth-order valence-corrected chi connectivity index (χ4v) is 0.118. The lowest BCUT2D eigenvalue weighted by atomic mass is 10.4. The highest BCUT2D eigenvalue weighted by Crippen LogP contribution is 1.64. The van der Waals surface area contributed by atoms with Crippen molar-refractivity contribution in [1.82, 2.24) is 0 Å². The van der Waals surface area contributed by atoms with Crippen LogP contribution in [-0.2, 0) is 0 Å². The maximum Gasteiger partial charge on any atom is 0.115 e. The lowest BCUT2D eigenvalue weighted by molar-refractivity contribution is -0.382. The summed E-state index contributed by atoms with van der Waals surface area (Å²) < 4.78 is 0. The molecule has 0 aromatic carbocycles. The molecule has 0 heterocycles. The molecule has 0 bridgehead atoms. The van der Waals surface area contributed by atoms with Crippen LogP contribution in [0, 0.1) is 0 Å². The molecule has 0 aromatic heterocycles. The normalized spacial score (nSPS) is 14.5. The highest BCUT2D eigenvalue weighted by Gasteiger charge is 1.94. The molecular weight excluding hydrogens is 80.0 g/mol. The zero-order valence-electron chi connectivity index (χ0n) is 3.72. The zero-order valence-corrected chi connectivity index (χ0v) is 3.72. The lowest BCUT2D eigenvalue weighted by Crippen LogP contribution is -2.57. The standard InChI is InChI=1S/C3H10N2O/c4-1-3(6)2-5/h3,6H,1-2,4-5H2/p+1. The number of nitrogens with two attached hydrogens (primary N) is 1. The first-order chi connectivity index (χ1) is 2.81. The summed E-state index contributed by atoms with van der Waals surface area (Å²) in [5.41, 5.74) is 8.42. The predicted molar refractivity (Wildman–Crippen MR) is 22.8 cm³/mol. The van der Waals surface area contributed by atoms with E-state index in [2.05, 4.69) is 5.73 Å². The van der Waals surface area contributed by atoms with Gasteiger partial charge in [-0.15, -0.1) is 0 Å². The fourth-order valence-electron chi connectivity index (χ4n) is 0.118. The maximum absolute atomic E-state index is 8.48. The van der Waals surface area contributed by atoms with Crippen LogP contribution in [-0.4, -0.2) is 24.3 Å². The molecule has 1 atom stereocenters. The summed E-state index contributed by atoms with van der Waals surface area (Å²) in [6.07, 6.45) is -0.398. The minimum absolute atomic E-state index is 0.323. The first kappa shape index (κ1) is 5.88. The lowest BCUT2D eigenvalue weighted by Gasteiger charge is -1.95. The number of aliphatic hydroxyl groups excluding tert-OH is 1. The molecule has 3 heteroatoms. The number of quaternary nitrogens is 1. The topological polar surface area (TPSA) is 73.9 Å². The van der Waals surface area contributed by atoms with Crippen molar-refractivity contribution in [3.63, 3.8) is 0 Å². The molecule has 6 N–H and O–H groups in total. The summed E-state index contributed by atoms with van der Waals surface area (Å²) in [7, 11) is 0. The zero-order chi connectivity index (χ0) is 4.99. The van der Waals surface area contributed by atoms with E-state index >= 15 is 0 Å². The molecular formula is C3H11N2O+. The molecule has 6 heavy (non-hydrogen) atoms. The van der Waals surface area contributed by atoms with Gasteiger partial charge in [-0.25, -0.2) is 0 Å². The van der Waals surface area contributed by atoms with Crippen LogP contribution >= 0.6 is 0 Å². The van der Waals surface area contributed by atoms with E-state index in [1.165, 1.54) is 0 Å². The van der Waals surface area contributed by atoms with Crippen molar-refractivity contribution in [1.29, 1.82) is 0 Å². The van der Waals surface area contributed by atoms with Crippen molar-refractivity contribution < 1.29 is 10.8 Å². The van der Waals surface area contributed by atoms with E-state index in [0.717, 1.165) is 0 Å². The minimum Gasteiger partial charge on any atom is -0.386 e. The highest BCUT2D eigenvalue weighted by atomic mass is 16.3. The Morgan fingerprint density at radius 1 is 1.83 bits per heavy atom. The molecule has 0 aromatic rings. The molecule has 0 spiro atoms. The molecule has 3 nitrogen and oxygen atoms in total. The van der Waals surface area contributed by atoms with Crippen LogP contribution in [0.15, 0.2) is 0 Å². The summed E-state index contributed by atoms with van der Waals surface area (Å²) in [5.74, 6) is 0. The Bertz CT molecular complexity index is 28.0. The Labute approximate surface area is 36.9 Å². The van der Waals surface area contributed by atoms with Crippen molar-refractivity contribution in [3.8, 4) is 0 Å². The second-order valence-electron chi connectivity index (χ2n) is 1.18. The molecule has 1 unspecified atom stereocenters. The molecule has 0 saturated heterocycles. The average molecular weight is 91.1 g/mol. The monoisotopic (exact) mass is 91.1 g/mol. The van der Waals surface area contributed by atoms with Gasteiger partial charge in [0.15, 0.2) is 0 Å². The van der Waals surface area contributed by atoms with Gasteiger partial charge in [-0.05, 0) is 0 Å². The molecule has 0 amide bonds. The van der Waals surface area contributed by atoms with Gasteiger partial charge in [-0.3, -0.25) is 0 Å². The molecule has 0 saturated carbocycles. The summed E-state index contributed by atoms with van der Waals surface area (Å²) in [6, 6.07) is 0. The smallest absolute Gasteiger partial charge is 0.115 e. The van der Waals surface area contributed by atoms with Gasteiger partial charge in [0, 0.05) is 6.54 Å². The van der Waals surface area contributed by atoms with E-state index in [1.54, 1.807) is 0 Å². The number of hydrogen-bond donors (Lipinski definition) is 3. The third-order valence-electron chi connectivity index (χ3n) is 0.605. The first-order valence-corrected chi connectivity index (χ1v) is 1.98. The fraction of sp³-hybridized carbons (Fsp3) is 1.00. The van der Waals surface area contributed by atoms with Crippen LogP contribution in [0.25, 0.3) is 0 Å². The molecule has 0 radical (unpaired) electrons. The van der Waals surface area contributed by atoms with Crippen molar-refractivity contribution in [2.75, 3.05) is 13.1 Å². The van der Waals surface area contributed by atoms with Crippen LogP contribution < -0.4 is 11.5 Å². The van der Waals surface area contributed by atoms with E-state index in [1.807, 2.05) is 0 Å². The molecule has 0 rings (SSSR count). The van der Waals surface area contributed by atoms with Crippen LogP contribution in [0.5, 0.6) is 0 Å². The van der Waals surface area contributed by atoms with Gasteiger partial charge < -0.3 is 16.6 Å². The number of rotatable bonds is 2. The quantitative estimate of drug-likeness (QED) is 0.353. The molecule has 0 aliphatic carbocycles. The van der Waals surface area contributed by atoms with E-state index in [4.69, 9.17) is 10.8 Å². The minimum atomic E-state index is -0.398. The van der Waals surface area contributed by atoms with Gasteiger partial charge in [0.05, 0.1) is 0 Å².